The lowest BCUT2D eigenvalue weighted by molar-refractivity contribution is -0.608. The summed E-state index contributed by atoms with van der Waals surface area (Å²) >= 11 is 0. The van der Waals surface area contributed by atoms with Crippen LogP contribution in [-0.4, -0.2) is 59.3 Å². The number of nitrogens with one attached hydrogen (secondary N) is 1. The van der Waals surface area contributed by atoms with E-state index in [1.165, 1.54) is 18.9 Å². The summed E-state index contributed by atoms with van der Waals surface area (Å²) in [5, 5.41) is 14.7. The van der Waals surface area contributed by atoms with Gasteiger partial charge in [-0.15, -0.1) is 0 Å². The minimum absolute atomic E-state index is 0.0848. The van der Waals surface area contributed by atoms with Gasteiger partial charge in [-0.3, -0.25) is 4.79 Å². The topological polar surface area (TPSA) is 77.7 Å². The number of hydrogen-bond acceptors (Lipinski definition) is 5. The molecule has 2 heterocycles. The molecule has 1 fully saturated rings. The quantitative estimate of drug-likeness (QED) is 0.331. The fraction of sp³-hybridized carbons (Fsp3) is 0.538. The van der Waals surface area contributed by atoms with E-state index in [2.05, 4.69) is 14.9 Å². The second-order valence-corrected chi connectivity index (χ2v) is 6.55. The Balaban J connectivity index is 2.01. The van der Waals surface area contributed by atoms with Crippen LogP contribution in [0.25, 0.3) is 0 Å². The fourth-order valence-electron chi connectivity index (χ4n) is 2.40. The van der Waals surface area contributed by atoms with Gasteiger partial charge in [0.2, 0.25) is 11.9 Å². The van der Waals surface area contributed by atoms with Gasteiger partial charge in [0, 0.05) is 21.1 Å². The Kier molecular flexibility index (Phi) is 6.54. The predicted octanol–water partition coefficient (Wildman–Crippen LogP) is 0.0969. The highest BCUT2D eigenvalue weighted by Gasteiger charge is 2.22. The van der Waals surface area contributed by atoms with E-state index in [0.29, 0.717) is 11.3 Å². The van der Waals surface area contributed by atoms with E-state index in [1.54, 1.807) is 6.66 Å². The average molecular weight is 333 g/mol. The Labute approximate surface area is 139 Å². The minimum Gasteiger partial charge on any atom is -0.618 e. The number of aromatic nitrogens is 1. The molecule has 1 unspecified atom stereocenters. The van der Waals surface area contributed by atoms with E-state index >= 15 is 0 Å². The predicted molar refractivity (Wildman–Crippen MR) is 89.0 cm³/mol. The lowest BCUT2D eigenvalue weighted by atomic mass is 10.3. The molecule has 1 aliphatic heterocycles. The van der Waals surface area contributed by atoms with Crippen LogP contribution in [0.5, 0.6) is 11.5 Å². The van der Waals surface area contributed by atoms with Crippen molar-refractivity contribution in [3.8, 4) is 11.5 Å². The van der Waals surface area contributed by atoms with Crippen molar-refractivity contribution in [1.82, 2.24) is 10.2 Å². The van der Waals surface area contributed by atoms with Crippen LogP contribution < -0.4 is 19.2 Å². The summed E-state index contributed by atoms with van der Waals surface area (Å²) in [5.41, 5.74) is -0.114. The second-order valence-electron chi connectivity index (χ2n) is 5.27. The van der Waals surface area contributed by atoms with Gasteiger partial charge in [0.15, 0.2) is 13.3 Å². The van der Waals surface area contributed by atoms with E-state index in [9.17, 15) is 10.0 Å². The fourth-order valence-corrected chi connectivity index (χ4v) is 2.85. The molecule has 0 spiro atoms. The molecule has 1 aromatic rings. The van der Waals surface area contributed by atoms with Gasteiger partial charge in [-0.05, 0) is 32.6 Å². The molecule has 1 saturated heterocycles. The Morgan fingerprint density at radius 3 is 2.78 bits per heavy atom. The largest absolute Gasteiger partial charge is 0.618 e. The van der Waals surface area contributed by atoms with Gasteiger partial charge in [0.25, 0.3) is 5.69 Å². The van der Waals surface area contributed by atoms with Crippen LogP contribution in [0, 0.1) is 5.21 Å². The summed E-state index contributed by atoms with van der Waals surface area (Å²) in [6.07, 6.45) is 3.46. The lowest BCUT2D eigenvalue weighted by Crippen LogP contribution is -2.41. The van der Waals surface area contributed by atoms with Crippen molar-refractivity contribution in [2.24, 2.45) is 0 Å². The van der Waals surface area contributed by atoms with Crippen molar-refractivity contribution in [3.63, 3.8) is 0 Å². The van der Waals surface area contributed by atoms with Crippen LogP contribution in [0.2, 0.25) is 0 Å². The van der Waals surface area contributed by atoms with Gasteiger partial charge < -0.3 is 24.6 Å². The molecular weight excluding hydrogens is 315 g/mol. The van der Waals surface area contributed by atoms with E-state index in [-0.39, 0.29) is 17.2 Å². The monoisotopic (exact) mass is 333 g/mol. The molecule has 23 heavy (non-hydrogen) atoms. The smallest absolute Gasteiger partial charge is 0.374 e. The van der Waals surface area contributed by atoms with Crippen molar-refractivity contribution in [1.29, 1.82) is 0 Å². The summed E-state index contributed by atoms with van der Waals surface area (Å²) in [6, 6.07) is 1.24. The summed E-state index contributed by atoms with van der Waals surface area (Å²) in [7, 11) is 9.49. The number of amides is 1. The van der Waals surface area contributed by atoms with Crippen molar-refractivity contribution in [2.75, 3.05) is 32.8 Å². The maximum absolute atomic E-state index is 12.1. The standard InChI is InChI=1S/C13H18B2N3O4P/c1-23(15)22-12-9-18(20)10(8-11(12)21-14)13(19)16-4-7-17-5-2-3-6-17/h8-9H,2-7H2,1H3,(H,16,19). The van der Waals surface area contributed by atoms with E-state index in [1.807, 2.05) is 0 Å². The molecule has 1 atom stereocenters. The molecule has 1 amide bonds. The summed E-state index contributed by atoms with van der Waals surface area (Å²) in [6.45, 7) is 4.99. The molecule has 120 valence electrons. The van der Waals surface area contributed by atoms with Crippen LogP contribution in [0.4, 0.5) is 0 Å². The number of nitrogens with zero attached hydrogens (tertiary/aromatic N) is 2. The van der Waals surface area contributed by atoms with Gasteiger partial charge in [-0.1, -0.05) is 0 Å². The summed E-state index contributed by atoms with van der Waals surface area (Å²) in [5.74, 6) is -0.302. The Bertz CT molecular complexity index is 556. The minimum atomic E-state index is -1.24. The second kappa shape index (κ2) is 8.41. The highest BCUT2D eigenvalue weighted by atomic mass is 31.1. The molecule has 1 aromatic heterocycles. The highest BCUT2D eigenvalue weighted by molar-refractivity contribution is 7.77. The third-order valence-corrected chi connectivity index (χ3v) is 3.98. The van der Waals surface area contributed by atoms with E-state index in [4.69, 9.17) is 20.1 Å². The van der Waals surface area contributed by atoms with Crippen LogP contribution in [0.3, 0.4) is 0 Å². The van der Waals surface area contributed by atoms with Crippen molar-refractivity contribution < 1.29 is 18.7 Å². The molecule has 0 aromatic carbocycles. The third-order valence-electron chi connectivity index (χ3n) is 3.50. The first-order valence-electron chi connectivity index (χ1n) is 7.32. The Morgan fingerprint density at radius 2 is 2.17 bits per heavy atom. The van der Waals surface area contributed by atoms with Gasteiger partial charge in [-0.2, -0.15) is 4.73 Å². The summed E-state index contributed by atoms with van der Waals surface area (Å²) < 4.78 is 10.4. The molecule has 0 bridgehead atoms. The van der Waals surface area contributed by atoms with Crippen molar-refractivity contribution >= 4 is 29.5 Å². The first-order chi connectivity index (χ1) is 11.0. The van der Waals surface area contributed by atoms with E-state index in [0.717, 1.165) is 25.8 Å². The van der Waals surface area contributed by atoms with Gasteiger partial charge in [-0.25, -0.2) is 0 Å². The van der Waals surface area contributed by atoms with Gasteiger partial charge in [0.05, 0.1) is 6.07 Å². The lowest BCUT2D eigenvalue weighted by Gasteiger charge is -2.16. The number of pyridine rings is 1. The molecule has 0 aliphatic carbocycles. The molecule has 1 aliphatic rings. The Hall–Kier alpha value is -1.46. The maximum Gasteiger partial charge on any atom is 0.374 e. The molecule has 4 radical (unpaired) electrons. The number of carbonyl (C=O) groups is 1. The molecule has 7 nitrogen and oxygen atoms in total. The molecule has 1 N–H and O–H groups in total. The molecule has 0 saturated carbocycles. The zero-order chi connectivity index (χ0) is 16.8. The number of likely N-dealkylation sites (tertiary alicyclic amines) is 1. The average Bonchev–Trinajstić information content (AvgIpc) is 3.00. The maximum atomic E-state index is 12.1. The normalized spacial score (nSPS) is 16.0. The van der Waals surface area contributed by atoms with Crippen LogP contribution in [-0.2, 0) is 0 Å². The van der Waals surface area contributed by atoms with Crippen LogP contribution in [0.1, 0.15) is 23.3 Å². The zero-order valence-corrected chi connectivity index (χ0v) is 13.9. The first-order valence-corrected chi connectivity index (χ1v) is 9.09. The molecular formula is C13H18B2N3O4P. The number of carbonyl (C=O) groups excluding carboxylic acids is 1. The van der Waals surface area contributed by atoms with Crippen LogP contribution >= 0.6 is 8.03 Å². The van der Waals surface area contributed by atoms with Crippen molar-refractivity contribution in [3.05, 3.63) is 23.2 Å². The van der Waals surface area contributed by atoms with E-state index < -0.39 is 13.9 Å². The Morgan fingerprint density at radius 1 is 1.48 bits per heavy atom. The molecule has 10 heteroatoms. The van der Waals surface area contributed by atoms with Gasteiger partial charge >= 0.3 is 14.0 Å². The third kappa shape index (κ3) is 5.01. The number of hydrogen-bond donors (Lipinski definition) is 1. The molecule has 2 rings (SSSR count). The highest BCUT2D eigenvalue weighted by Crippen LogP contribution is 2.35. The first kappa shape index (κ1) is 17.9. The SMILES string of the molecule is [B]Oc1cc(C(=O)NCCN2CCCC2)[n+]([O-])cc1OP([B])C. The summed E-state index contributed by atoms with van der Waals surface area (Å²) in [4.78, 5) is 14.4. The van der Waals surface area contributed by atoms with Gasteiger partial charge in [0.1, 0.15) is 0 Å². The zero-order valence-electron chi connectivity index (χ0n) is 13.0. The van der Waals surface area contributed by atoms with Crippen LogP contribution in [0.15, 0.2) is 12.3 Å². The number of rotatable bonds is 7. The van der Waals surface area contributed by atoms with Crippen molar-refractivity contribution in [2.45, 2.75) is 12.8 Å².